The van der Waals surface area contributed by atoms with Gasteiger partial charge in [0.15, 0.2) is 11.5 Å². The number of carboxylic acid groups (broad SMARTS) is 1. The largest absolute Gasteiger partial charge is 0.494 e. The van der Waals surface area contributed by atoms with Gasteiger partial charge >= 0.3 is 5.97 Å². The van der Waals surface area contributed by atoms with E-state index in [4.69, 9.17) is 23.9 Å². The molecule has 1 N–H and O–H groups in total. The standard InChI is InChI=1S/C24H25FN2O6/c1-3-9-32-26-22(23-14-21(27-33-23)17-5-7-18(25)8-6-17)15-31-20-11-16(12-24(28)29)10-19(13-20)30-4-2/h5-8,10-11,13-14H,3-4,9,12,15H2,1-2H3,(H,28,29). The number of aliphatic carboxylic acids is 1. The van der Waals surface area contributed by atoms with Gasteiger partial charge in [-0.25, -0.2) is 4.39 Å². The zero-order valence-corrected chi connectivity index (χ0v) is 18.4. The van der Waals surface area contributed by atoms with Crippen LogP contribution < -0.4 is 9.47 Å². The summed E-state index contributed by atoms with van der Waals surface area (Å²) >= 11 is 0. The van der Waals surface area contributed by atoms with Crippen LogP contribution in [-0.2, 0) is 16.1 Å². The second-order valence-electron chi connectivity index (χ2n) is 7.06. The summed E-state index contributed by atoms with van der Waals surface area (Å²) in [5.74, 6) is -0.0523. The van der Waals surface area contributed by atoms with Crippen molar-refractivity contribution in [2.75, 3.05) is 19.8 Å². The molecule has 8 nitrogen and oxygen atoms in total. The van der Waals surface area contributed by atoms with Gasteiger partial charge in [-0.1, -0.05) is 17.2 Å². The molecule has 174 valence electrons. The number of halogens is 1. The molecule has 9 heteroatoms. The molecule has 33 heavy (non-hydrogen) atoms. The highest BCUT2D eigenvalue weighted by atomic mass is 19.1. The lowest BCUT2D eigenvalue weighted by Crippen LogP contribution is -2.14. The maximum Gasteiger partial charge on any atom is 0.307 e. The molecule has 0 amide bonds. The number of carboxylic acids is 1. The number of aromatic nitrogens is 1. The monoisotopic (exact) mass is 456 g/mol. The zero-order valence-electron chi connectivity index (χ0n) is 18.4. The third kappa shape index (κ3) is 7.06. The van der Waals surface area contributed by atoms with Crippen LogP contribution in [-0.4, -0.2) is 41.8 Å². The van der Waals surface area contributed by atoms with Gasteiger partial charge in [0.2, 0.25) is 0 Å². The summed E-state index contributed by atoms with van der Waals surface area (Å²) in [5.41, 5.74) is 2.09. The second-order valence-corrected chi connectivity index (χ2v) is 7.06. The molecule has 0 saturated carbocycles. The number of hydrogen-bond acceptors (Lipinski definition) is 7. The van der Waals surface area contributed by atoms with Crippen molar-refractivity contribution in [2.45, 2.75) is 26.7 Å². The minimum atomic E-state index is -0.959. The van der Waals surface area contributed by atoms with Crippen LogP contribution in [0.3, 0.4) is 0 Å². The van der Waals surface area contributed by atoms with E-state index in [-0.39, 0.29) is 18.8 Å². The quantitative estimate of drug-likeness (QED) is 0.239. The molecule has 1 aromatic heterocycles. The number of carbonyl (C=O) groups is 1. The first kappa shape index (κ1) is 23.8. The van der Waals surface area contributed by atoms with Gasteiger partial charge in [-0.2, -0.15) is 0 Å². The third-order valence-corrected chi connectivity index (χ3v) is 4.39. The van der Waals surface area contributed by atoms with Crippen LogP contribution in [0.2, 0.25) is 0 Å². The van der Waals surface area contributed by atoms with Gasteiger partial charge in [-0.3, -0.25) is 4.79 Å². The van der Waals surface area contributed by atoms with Crippen LogP contribution in [0.1, 0.15) is 31.6 Å². The van der Waals surface area contributed by atoms with Crippen LogP contribution in [0, 0.1) is 5.82 Å². The molecule has 1 heterocycles. The Hall–Kier alpha value is -3.88. The summed E-state index contributed by atoms with van der Waals surface area (Å²) in [7, 11) is 0. The highest BCUT2D eigenvalue weighted by Crippen LogP contribution is 2.25. The molecule has 3 rings (SSSR count). The smallest absolute Gasteiger partial charge is 0.307 e. The van der Waals surface area contributed by atoms with Gasteiger partial charge in [0.1, 0.15) is 36.2 Å². The Morgan fingerprint density at radius 3 is 2.48 bits per heavy atom. The predicted octanol–water partition coefficient (Wildman–Crippen LogP) is 4.72. The number of ether oxygens (including phenoxy) is 2. The molecule has 0 aliphatic heterocycles. The van der Waals surface area contributed by atoms with Crippen molar-refractivity contribution in [1.82, 2.24) is 5.16 Å². The van der Waals surface area contributed by atoms with E-state index < -0.39 is 5.97 Å². The van der Waals surface area contributed by atoms with Crippen LogP contribution in [0.25, 0.3) is 11.3 Å². The molecule has 0 radical (unpaired) electrons. The van der Waals surface area contributed by atoms with Gasteiger partial charge in [-0.05, 0) is 55.3 Å². The molecule has 0 fully saturated rings. The summed E-state index contributed by atoms with van der Waals surface area (Å²) in [6.07, 6.45) is 0.602. The Kier molecular flexibility index (Phi) is 8.40. The van der Waals surface area contributed by atoms with Crippen molar-refractivity contribution in [1.29, 1.82) is 0 Å². The van der Waals surface area contributed by atoms with E-state index in [1.54, 1.807) is 36.4 Å². The van der Waals surface area contributed by atoms with Gasteiger partial charge in [-0.15, -0.1) is 0 Å². The van der Waals surface area contributed by atoms with Crippen molar-refractivity contribution in [3.63, 3.8) is 0 Å². The maximum absolute atomic E-state index is 13.2. The first-order valence-electron chi connectivity index (χ1n) is 10.5. The second kappa shape index (κ2) is 11.7. The van der Waals surface area contributed by atoms with Gasteiger partial charge in [0, 0.05) is 17.7 Å². The minimum absolute atomic E-state index is 0.0240. The van der Waals surface area contributed by atoms with E-state index in [0.717, 1.165) is 6.42 Å². The molecular weight excluding hydrogens is 431 g/mol. The van der Waals surface area contributed by atoms with E-state index in [0.29, 0.717) is 53.0 Å². The fourth-order valence-electron chi connectivity index (χ4n) is 2.92. The van der Waals surface area contributed by atoms with E-state index in [1.165, 1.54) is 12.1 Å². The molecule has 0 aliphatic rings. The van der Waals surface area contributed by atoms with Crippen molar-refractivity contribution >= 4 is 11.7 Å². The summed E-state index contributed by atoms with van der Waals surface area (Å²) in [5, 5.41) is 17.3. The first-order chi connectivity index (χ1) is 16.0. The topological polar surface area (TPSA) is 103 Å². The molecule has 0 unspecified atom stereocenters. The lowest BCUT2D eigenvalue weighted by molar-refractivity contribution is -0.136. The normalized spacial score (nSPS) is 11.3. The number of oxime groups is 1. The number of benzene rings is 2. The fourth-order valence-corrected chi connectivity index (χ4v) is 2.92. The average molecular weight is 456 g/mol. The van der Waals surface area contributed by atoms with E-state index in [2.05, 4.69) is 10.3 Å². The van der Waals surface area contributed by atoms with E-state index in [9.17, 15) is 9.18 Å². The van der Waals surface area contributed by atoms with Crippen molar-refractivity contribution in [2.24, 2.45) is 5.16 Å². The summed E-state index contributed by atoms with van der Waals surface area (Å²) in [6.45, 7) is 4.60. The highest BCUT2D eigenvalue weighted by molar-refractivity contribution is 5.99. The van der Waals surface area contributed by atoms with Gasteiger partial charge in [0.25, 0.3) is 0 Å². The van der Waals surface area contributed by atoms with Crippen LogP contribution in [0.4, 0.5) is 4.39 Å². The van der Waals surface area contributed by atoms with Crippen LogP contribution >= 0.6 is 0 Å². The number of nitrogens with zero attached hydrogens (tertiary/aromatic N) is 2. The average Bonchev–Trinajstić information content (AvgIpc) is 3.26. The van der Waals surface area contributed by atoms with Crippen LogP contribution in [0.5, 0.6) is 11.5 Å². The Morgan fingerprint density at radius 1 is 1.09 bits per heavy atom. The Balaban J connectivity index is 1.81. The molecule has 0 atom stereocenters. The first-order valence-corrected chi connectivity index (χ1v) is 10.5. The Bertz CT molecular complexity index is 1090. The molecular formula is C24H25FN2O6. The number of hydrogen-bond donors (Lipinski definition) is 1. The summed E-state index contributed by atoms with van der Waals surface area (Å²) in [4.78, 5) is 16.5. The van der Waals surface area contributed by atoms with E-state index in [1.807, 2.05) is 13.8 Å². The summed E-state index contributed by atoms with van der Waals surface area (Å²) < 4.78 is 30.0. The summed E-state index contributed by atoms with van der Waals surface area (Å²) in [6, 6.07) is 12.5. The molecule has 2 aromatic carbocycles. The van der Waals surface area contributed by atoms with Crippen molar-refractivity contribution in [3.8, 4) is 22.8 Å². The molecule has 0 saturated heterocycles. The molecule has 0 spiro atoms. The molecule has 0 aliphatic carbocycles. The maximum atomic E-state index is 13.2. The zero-order chi connectivity index (χ0) is 23.6. The molecule has 0 bridgehead atoms. The van der Waals surface area contributed by atoms with Crippen molar-refractivity contribution < 1.29 is 33.1 Å². The third-order valence-electron chi connectivity index (χ3n) is 4.39. The molecule has 3 aromatic rings. The minimum Gasteiger partial charge on any atom is -0.494 e. The van der Waals surface area contributed by atoms with Crippen LogP contribution in [0.15, 0.2) is 58.2 Å². The Labute approximate surface area is 190 Å². The van der Waals surface area contributed by atoms with Gasteiger partial charge < -0.3 is 23.9 Å². The van der Waals surface area contributed by atoms with Gasteiger partial charge in [0.05, 0.1) is 13.0 Å². The predicted molar refractivity (Wildman–Crippen MR) is 119 cm³/mol. The Morgan fingerprint density at radius 2 is 1.82 bits per heavy atom. The van der Waals surface area contributed by atoms with E-state index >= 15 is 0 Å². The van der Waals surface area contributed by atoms with Crippen molar-refractivity contribution in [3.05, 3.63) is 65.7 Å². The lowest BCUT2D eigenvalue weighted by atomic mass is 10.1. The number of rotatable bonds is 12. The fraction of sp³-hybridized carbons (Fsp3) is 0.292. The SMILES string of the molecule is CCCON=C(COc1cc(CC(=O)O)cc(OCC)c1)c1cc(-c2ccc(F)cc2)no1. The lowest BCUT2D eigenvalue weighted by Gasteiger charge is -2.11. The highest BCUT2D eigenvalue weighted by Gasteiger charge is 2.16.